The van der Waals surface area contributed by atoms with Crippen LogP contribution in [0.15, 0.2) is 53.5 Å². The van der Waals surface area contributed by atoms with Gasteiger partial charge in [-0.2, -0.15) is 0 Å². The molecule has 0 aromatic heterocycles. The zero-order chi connectivity index (χ0) is 15.9. The minimum Gasteiger partial charge on any atom is -0.465 e. The molecule has 0 saturated heterocycles. The van der Waals surface area contributed by atoms with E-state index in [0.717, 1.165) is 5.56 Å². The second-order valence-electron chi connectivity index (χ2n) is 4.45. The van der Waals surface area contributed by atoms with E-state index >= 15 is 0 Å². The standard InChI is InChI=1S/C16H14N2O4/c1-22-16(19)14-9-5-8-13(15(14)18(20)21)11-17-10-12-6-3-2-4-7-12/h2-9,11H,10H2,1H3. The fraction of sp³-hybridized carbons (Fsp3) is 0.125. The number of nitro benzene ring substituents is 1. The molecule has 0 bridgehead atoms. The Balaban J connectivity index is 2.30. The molecule has 0 amide bonds. The number of benzene rings is 2. The van der Waals surface area contributed by atoms with Crippen LogP contribution >= 0.6 is 0 Å². The summed E-state index contributed by atoms with van der Waals surface area (Å²) in [5.74, 6) is -0.745. The highest BCUT2D eigenvalue weighted by Gasteiger charge is 2.23. The summed E-state index contributed by atoms with van der Waals surface area (Å²) in [6.07, 6.45) is 1.40. The molecule has 112 valence electrons. The zero-order valence-corrected chi connectivity index (χ0v) is 11.9. The molecule has 2 aromatic carbocycles. The Kier molecular flexibility index (Phi) is 4.98. The molecule has 0 radical (unpaired) electrons. The number of para-hydroxylation sites is 1. The lowest BCUT2D eigenvalue weighted by molar-refractivity contribution is -0.385. The van der Waals surface area contributed by atoms with Crippen LogP contribution in [-0.2, 0) is 11.3 Å². The first-order valence-electron chi connectivity index (χ1n) is 6.53. The maximum Gasteiger partial charge on any atom is 0.344 e. The van der Waals surface area contributed by atoms with Gasteiger partial charge in [-0.15, -0.1) is 0 Å². The van der Waals surface area contributed by atoms with Gasteiger partial charge in [-0.25, -0.2) is 4.79 Å². The summed E-state index contributed by atoms with van der Waals surface area (Å²) in [7, 11) is 1.18. The highest BCUT2D eigenvalue weighted by Crippen LogP contribution is 2.23. The minimum absolute atomic E-state index is 0.0869. The summed E-state index contributed by atoms with van der Waals surface area (Å²) in [6.45, 7) is 0.403. The van der Waals surface area contributed by atoms with Crippen LogP contribution in [-0.4, -0.2) is 24.2 Å². The fourth-order valence-electron chi connectivity index (χ4n) is 1.98. The van der Waals surface area contributed by atoms with Crippen LogP contribution in [0.4, 0.5) is 5.69 Å². The van der Waals surface area contributed by atoms with Crippen molar-refractivity contribution in [2.24, 2.45) is 4.99 Å². The number of rotatable bonds is 5. The number of esters is 1. The first-order chi connectivity index (χ1) is 10.6. The monoisotopic (exact) mass is 298 g/mol. The van der Waals surface area contributed by atoms with Gasteiger partial charge in [0.1, 0.15) is 5.56 Å². The second kappa shape index (κ2) is 7.12. The molecule has 0 aliphatic heterocycles. The van der Waals surface area contributed by atoms with E-state index < -0.39 is 10.9 Å². The third kappa shape index (κ3) is 3.54. The van der Waals surface area contributed by atoms with Gasteiger partial charge in [0.15, 0.2) is 0 Å². The van der Waals surface area contributed by atoms with Crippen LogP contribution in [0, 0.1) is 10.1 Å². The molecule has 0 saturated carbocycles. The van der Waals surface area contributed by atoms with Crippen molar-refractivity contribution in [3.63, 3.8) is 0 Å². The molecule has 0 atom stereocenters. The van der Waals surface area contributed by atoms with E-state index in [0.29, 0.717) is 6.54 Å². The third-order valence-electron chi connectivity index (χ3n) is 3.00. The Morgan fingerprint density at radius 1 is 1.23 bits per heavy atom. The zero-order valence-electron chi connectivity index (χ0n) is 11.9. The highest BCUT2D eigenvalue weighted by molar-refractivity contribution is 5.99. The summed E-state index contributed by atoms with van der Waals surface area (Å²) in [4.78, 5) is 26.4. The molecule has 0 fully saturated rings. The summed E-state index contributed by atoms with van der Waals surface area (Å²) in [5, 5.41) is 11.2. The van der Waals surface area contributed by atoms with Gasteiger partial charge in [-0.05, 0) is 17.7 Å². The summed E-state index contributed by atoms with van der Waals surface area (Å²) in [6, 6.07) is 14.0. The van der Waals surface area contributed by atoms with Crippen LogP contribution in [0.25, 0.3) is 0 Å². The summed E-state index contributed by atoms with van der Waals surface area (Å²) < 4.78 is 4.57. The molecule has 6 heteroatoms. The number of methoxy groups -OCH3 is 1. The van der Waals surface area contributed by atoms with Crippen molar-refractivity contribution in [3.05, 3.63) is 75.3 Å². The van der Waals surface area contributed by atoms with Crippen molar-refractivity contribution in [2.75, 3.05) is 7.11 Å². The van der Waals surface area contributed by atoms with Gasteiger partial charge in [0.2, 0.25) is 0 Å². The van der Waals surface area contributed by atoms with Crippen LogP contribution in [0.5, 0.6) is 0 Å². The lowest BCUT2D eigenvalue weighted by Crippen LogP contribution is -2.07. The molecular weight excluding hydrogens is 284 g/mol. The molecule has 0 N–H and O–H groups in total. The van der Waals surface area contributed by atoms with E-state index in [1.807, 2.05) is 30.3 Å². The van der Waals surface area contributed by atoms with Gasteiger partial charge in [-0.3, -0.25) is 15.1 Å². The van der Waals surface area contributed by atoms with Crippen molar-refractivity contribution in [2.45, 2.75) is 6.54 Å². The third-order valence-corrected chi connectivity index (χ3v) is 3.00. The number of nitrogens with zero attached hydrogens (tertiary/aromatic N) is 2. The normalized spacial score (nSPS) is 10.6. The molecule has 2 aromatic rings. The minimum atomic E-state index is -0.745. The van der Waals surface area contributed by atoms with Crippen molar-refractivity contribution < 1.29 is 14.5 Å². The maximum absolute atomic E-state index is 11.6. The molecule has 0 aliphatic rings. The summed E-state index contributed by atoms with van der Waals surface area (Å²) in [5.41, 5.74) is 0.872. The highest BCUT2D eigenvalue weighted by atomic mass is 16.6. The molecule has 0 spiro atoms. The van der Waals surface area contributed by atoms with E-state index in [1.54, 1.807) is 12.1 Å². The lowest BCUT2D eigenvalue weighted by Gasteiger charge is -2.03. The van der Waals surface area contributed by atoms with Gasteiger partial charge in [0.25, 0.3) is 5.69 Å². The molecule has 0 heterocycles. The largest absolute Gasteiger partial charge is 0.465 e. The smallest absolute Gasteiger partial charge is 0.344 e. The number of ether oxygens (including phenoxy) is 1. The number of nitro groups is 1. The Morgan fingerprint density at radius 3 is 2.59 bits per heavy atom. The van der Waals surface area contributed by atoms with E-state index in [-0.39, 0.29) is 16.8 Å². The Bertz CT molecular complexity index is 711. The van der Waals surface area contributed by atoms with Gasteiger partial charge in [0.05, 0.1) is 24.1 Å². The lowest BCUT2D eigenvalue weighted by atomic mass is 10.1. The Hall–Kier alpha value is -3.02. The first kappa shape index (κ1) is 15.4. The first-order valence-corrected chi connectivity index (χ1v) is 6.53. The van der Waals surface area contributed by atoms with Gasteiger partial charge >= 0.3 is 5.97 Å². The van der Waals surface area contributed by atoms with Gasteiger partial charge < -0.3 is 4.74 Å². The molecule has 0 aliphatic carbocycles. The Labute approximate surface area is 127 Å². The second-order valence-corrected chi connectivity index (χ2v) is 4.45. The summed E-state index contributed by atoms with van der Waals surface area (Å²) >= 11 is 0. The van der Waals surface area contributed by atoms with Crippen molar-refractivity contribution >= 4 is 17.9 Å². The van der Waals surface area contributed by atoms with Gasteiger partial charge in [-0.1, -0.05) is 36.4 Å². The predicted octanol–water partition coefficient (Wildman–Crippen LogP) is 3.00. The van der Waals surface area contributed by atoms with Crippen molar-refractivity contribution in [3.8, 4) is 0 Å². The number of hydrogen-bond donors (Lipinski definition) is 0. The fourth-order valence-corrected chi connectivity index (χ4v) is 1.98. The molecule has 6 nitrogen and oxygen atoms in total. The topological polar surface area (TPSA) is 81.8 Å². The number of carbonyl (C=O) groups excluding carboxylic acids is 1. The van der Waals surface area contributed by atoms with E-state index in [2.05, 4.69) is 9.73 Å². The quantitative estimate of drug-likeness (QED) is 0.368. The van der Waals surface area contributed by atoms with Gasteiger partial charge in [0, 0.05) is 6.21 Å². The van der Waals surface area contributed by atoms with E-state index in [1.165, 1.54) is 19.4 Å². The van der Waals surface area contributed by atoms with Crippen LogP contribution in [0.3, 0.4) is 0 Å². The SMILES string of the molecule is COC(=O)c1cccc(C=NCc2ccccc2)c1[N+](=O)[O-]. The molecule has 2 rings (SSSR count). The maximum atomic E-state index is 11.6. The van der Waals surface area contributed by atoms with E-state index in [9.17, 15) is 14.9 Å². The van der Waals surface area contributed by atoms with Crippen LogP contribution < -0.4 is 0 Å². The van der Waals surface area contributed by atoms with Crippen LogP contribution in [0.1, 0.15) is 21.5 Å². The Morgan fingerprint density at radius 2 is 1.95 bits per heavy atom. The number of hydrogen-bond acceptors (Lipinski definition) is 5. The van der Waals surface area contributed by atoms with Crippen molar-refractivity contribution in [1.29, 1.82) is 0 Å². The molecule has 0 unspecified atom stereocenters. The van der Waals surface area contributed by atoms with E-state index in [4.69, 9.17) is 0 Å². The molecular formula is C16H14N2O4. The number of aliphatic imine (C=N–C) groups is 1. The van der Waals surface area contributed by atoms with Crippen LogP contribution in [0.2, 0.25) is 0 Å². The van der Waals surface area contributed by atoms with Crippen molar-refractivity contribution in [1.82, 2.24) is 0 Å². The molecule has 22 heavy (non-hydrogen) atoms. The predicted molar refractivity (Wildman–Crippen MR) is 82.2 cm³/mol. The average Bonchev–Trinajstić information content (AvgIpc) is 2.54. The number of carbonyl (C=O) groups is 1. The average molecular weight is 298 g/mol.